The van der Waals surface area contributed by atoms with Crippen molar-refractivity contribution in [2.24, 2.45) is 0 Å². The molecule has 0 spiro atoms. The molecule has 0 aliphatic heterocycles. The summed E-state index contributed by atoms with van der Waals surface area (Å²) in [7, 11) is 0. The molecule has 1 aromatic carbocycles. The first-order valence-corrected chi connectivity index (χ1v) is 7.09. The van der Waals surface area contributed by atoms with E-state index in [1.54, 1.807) is 4.52 Å². The Morgan fingerprint density at radius 3 is 2.71 bits per heavy atom. The molecular formula is C16H14N4O. The van der Waals surface area contributed by atoms with E-state index in [-0.39, 0.29) is 5.78 Å². The van der Waals surface area contributed by atoms with Crippen LogP contribution in [-0.2, 0) is 6.42 Å². The minimum absolute atomic E-state index is 0.0695. The Balaban J connectivity index is 2.03. The van der Waals surface area contributed by atoms with Crippen molar-refractivity contribution in [1.29, 1.82) is 0 Å². The second-order valence-corrected chi connectivity index (χ2v) is 5.33. The van der Waals surface area contributed by atoms with E-state index in [0.29, 0.717) is 12.1 Å². The SMILES string of the molecule is Cc1nn2c3c(nnc2c1-c1ccccc1)C(=O)CCC3. The largest absolute Gasteiger partial charge is 0.292 e. The topological polar surface area (TPSA) is 60.1 Å². The quantitative estimate of drug-likeness (QED) is 0.686. The van der Waals surface area contributed by atoms with Gasteiger partial charge >= 0.3 is 0 Å². The Labute approximate surface area is 121 Å². The molecule has 0 N–H and O–H groups in total. The predicted molar refractivity (Wildman–Crippen MR) is 78.2 cm³/mol. The summed E-state index contributed by atoms with van der Waals surface area (Å²) in [6.07, 6.45) is 2.23. The summed E-state index contributed by atoms with van der Waals surface area (Å²) in [6, 6.07) is 10.0. The van der Waals surface area contributed by atoms with Gasteiger partial charge in [0, 0.05) is 6.42 Å². The van der Waals surface area contributed by atoms with Crippen molar-refractivity contribution in [2.45, 2.75) is 26.2 Å². The summed E-state index contributed by atoms with van der Waals surface area (Å²) in [5, 5.41) is 13.0. The van der Waals surface area contributed by atoms with Gasteiger partial charge in [-0.05, 0) is 25.3 Å². The van der Waals surface area contributed by atoms with Crippen LogP contribution in [0.3, 0.4) is 0 Å². The predicted octanol–water partition coefficient (Wildman–Crippen LogP) is 2.62. The van der Waals surface area contributed by atoms with Crippen molar-refractivity contribution in [3.63, 3.8) is 0 Å². The van der Waals surface area contributed by atoms with Crippen molar-refractivity contribution in [2.75, 3.05) is 0 Å². The van der Waals surface area contributed by atoms with Gasteiger partial charge in [-0.2, -0.15) is 5.10 Å². The minimum Gasteiger partial charge on any atom is -0.292 e. The van der Waals surface area contributed by atoms with E-state index in [1.807, 2.05) is 37.3 Å². The summed E-state index contributed by atoms with van der Waals surface area (Å²) in [4.78, 5) is 11.9. The maximum absolute atomic E-state index is 11.9. The Hall–Kier alpha value is -2.56. The van der Waals surface area contributed by atoms with Crippen LogP contribution in [0.4, 0.5) is 0 Å². The fourth-order valence-electron chi connectivity index (χ4n) is 2.97. The zero-order valence-electron chi connectivity index (χ0n) is 11.7. The number of ketones is 1. The Morgan fingerprint density at radius 1 is 1.10 bits per heavy atom. The molecule has 2 aromatic heterocycles. The van der Waals surface area contributed by atoms with Crippen LogP contribution in [0.15, 0.2) is 30.3 Å². The smallest absolute Gasteiger partial charge is 0.185 e. The molecule has 4 rings (SSSR count). The minimum atomic E-state index is 0.0695. The van der Waals surface area contributed by atoms with E-state index >= 15 is 0 Å². The second-order valence-electron chi connectivity index (χ2n) is 5.33. The van der Waals surface area contributed by atoms with Crippen LogP contribution in [0.25, 0.3) is 16.8 Å². The number of carbonyl (C=O) groups is 1. The van der Waals surface area contributed by atoms with Crippen LogP contribution in [0.2, 0.25) is 0 Å². The molecule has 5 heteroatoms. The van der Waals surface area contributed by atoms with Gasteiger partial charge in [-0.15, -0.1) is 10.2 Å². The molecule has 3 aromatic rings. The van der Waals surface area contributed by atoms with E-state index in [0.717, 1.165) is 41.0 Å². The van der Waals surface area contributed by atoms with Gasteiger partial charge in [0.2, 0.25) is 0 Å². The molecular weight excluding hydrogens is 264 g/mol. The monoisotopic (exact) mass is 278 g/mol. The first kappa shape index (κ1) is 12.2. The molecule has 104 valence electrons. The maximum atomic E-state index is 11.9. The average Bonchev–Trinajstić information content (AvgIpc) is 2.85. The first-order valence-electron chi connectivity index (χ1n) is 7.09. The average molecular weight is 278 g/mol. The molecule has 0 saturated heterocycles. The third kappa shape index (κ3) is 1.77. The highest BCUT2D eigenvalue weighted by Crippen LogP contribution is 2.29. The lowest BCUT2D eigenvalue weighted by Crippen LogP contribution is -2.18. The molecule has 0 saturated carbocycles. The summed E-state index contributed by atoms with van der Waals surface area (Å²) in [5.41, 5.74) is 5.07. The normalized spacial score (nSPS) is 14.4. The maximum Gasteiger partial charge on any atom is 0.185 e. The van der Waals surface area contributed by atoms with E-state index in [2.05, 4.69) is 15.3 Å². The molecule has 0 radical (unpaired) electrons. The number of Topliss-reactive ketones (excluding diaryl/α,β-unsaturated/α-hetero) is 1. The summed E-state index contributed by atoms with van der Waals surface area (Å²) in [5.74, 6) is 0.0695. The van der Waals surface area contributed by atoms with E-state index < -0.39 is 0 Å². The number of hydrogen-bond acceptors (Lipinski definition) is 4. The van der Waals surface area contributed by atoms with Crippen molar-refractivity contribution < 1.29 is 4.79 Å². The van der Waals surface area contributed by atoms with E-state index in [4.69, 9.17) is 0 Å². The fraction of sp³-hybridized carbons (Fsp3) is 0.250. The third-order valence-electron chi connectivity index (χ3n) is 3.95. The number of rotatable bonds is 1. The van der Waals surface area contributed by atoms with Crippen molar-refractivity contribution in [3.8, 4) is 11.1 Å². The molecule has 2 heterocycles. The lowest BCUT2D eigenvalue weighted by molar-refractivity contribution is 0.0964. The molecule has 1 aliphatic carbocycles. The first-order chi connectivity index (χ1) is 10.3. The molecule has 0 amide bonds. The van der Waals surface area contributed by atoms with Crippen LogP contribution < -0.4 is 0 Å². The third-order valence-corrected chi connectivity index (χ3v) is 3.95. The van der Waals surface area contributed by atoms with Crippen LogP contribution in [0, 0.1) is 6.92 Å². The highest BCUT2D eigenvalue weighted by atomic mass is 16.1. The van der Waals surface area contributed by atoms with Crippen LogP contribution in [0.1, 0.15) is 34.7 Å². The summed E-state index contributed by atoms with van der Waals surface area (Å²) in [6.45, 7) is 1.97. The number of carbonyl (C=O) groups excluding carboxylic acids is 1. The van der Waals surface area contributed by atoms with Gasteiger partial charge in [-0.25, -0.2) is 4.52 Å². The van der Waals surface area contributed by atoms with Gasteiger partial charge in [-0.1, -0.05) is 30.3 Å². The van der Waals surface area contributed by atoms with Gasteiger partial charge in [0.1, 0.15) is 0 Å². The lowest BCUT2D eigenvalue weighted by Gasteiger charge is -2.13. The number of aromatic nitrogens is 4. The molecule has 0 bridgehead atoms. The van der Waals surface area contributed by atoms with E-state index in [9.17, 15) is 4.79 Å². The van der Waals surface area contributed by atoms with E-state index in [1.165, 1.54) is 0 Å². The highest BCUT2D eigenvalue weighted by molar-refractivity contribution is 5.96. The van der Waals surface area contributed by atoms with Gasteiger partial charge in [-0.3, -0.25) is 4.79 Å². The molecule has 21 heavy (non-hydrogen) atoms. The second kappa shape index (κ2) is 4.48. The Kier molecular flexibility index (Phi) is 2.60. The standard InChI is InChI=1S/C16H14N4O/c1-10-14(11-6-3-2-4-7-11)16-18-17-15-12(20(16)19-10)8-5-9-13(15)21/h2-4,6-7H,5,8-9H2,1H3. The number of hydrogen-bond donors (Lipinski definition) is 0. The van der Waals surface area contributed by atoms with Gasteiger partial charge in [0.25, 0.3) is 0 Å². The Bertz CT molecular complexity index is 852. The molecule has 0 atom stereocenters. The van der Waals surface area contributed by atoms with Crippen molar-refractivity contribution >= 4 is 11.4 Å². The number of nitrogens with zero attached hydrogens (tertiary/aromatic N) is 4. The fourth-order valence-corrected chi connectivity index (χ4v) is 2.97. The summed E-state index contributed by atoms with van der Waals surface area (Å²) < 4.78 is 1.80. The zero-order chi connectivity index (χ0) is 14.4. The van der Waals surface area contributed by atoms with Crippen molar-refractivity contribution in [1.82, 2.24) is 19.8 Å². The van der Waals surface area contributed by atoms with Crippen molar-refractivity contribution in [3.05, 3.63) is 47.4 Å². The Morgan fingerprint density at radius 2 is 1.90 bits per heavy atom. The van der Waals surface area contributed by atoms with Gasteiger partial charge in [0.05, 0.1) is 17.0 Å². The molecule has 0 unspecified atom stereocenters. The lowest BCUT2D eigenvalue weighted by atomic mass is 9.99. The molecule has 0 fully saturated rings. The van der Waals surface area contributed by atoms with Crippen LogP contribution >= 0.6 is 0 Å². The van der Waals surface area contributed by atoms with Gasteiger partial charge in [0.15, 0.2) is 17.1 Å². The van der Waals surface area contributed by atoms with Crippen LogP contribution in [0.5, 0.6) is 0 Å². The number of fused-ring (bicyclic) bond motifs is 3. The zero-order valence-corrected chi connectivity index (χ0v) is 11.7. The highest BCUT2D eigenvalue weighted by Gasteiger charge is 2.25. The molecule has 5 nitrogen and oxygen atoms in total. The van der Waals surface area contributed by atoms with Gasteiger partial charge < -0.3 is 0 Å². The number of benzene rings is 1. The number of aryl methyl sites for hydroxylation is 2. The summed E-state index contributed by atoms with van der Waals surface area (Å²) >= 11 is 0. The van der Waals surface area contributed by atoms with Crippen LogP contribution in [-0.4, -0.2) is 25.6 Å². The molecule has 1 aliphatic rings.